The van der Waals surface area contributed by atoms with Gasteiger partial charge in [-0.2, -0.15) is 0 Å². The van der Waals surface area contributed by atoms with Gasteiger partial charge in [-0.05, 0) is 47.4 Å². The third-order valence-corrected chi connectivity index (χ3v) is 3.38. The van der Waals surface area contributed by atoms with E-state index >= 15 is 0 Å². The molecule has 82 valence electrons. The molecule has 1 N–H and O–H groups in total. The third kappa shape index (κ3) is 2.69. The Kier molecular flexibility index (Phi) is 3.59. The maximum atomic E-state index is 4.37. The van der Waals surface area contributed by atoms with Gasteiger partial charge in [-0.25, -0.2) is 4.98 Å². The van der Waals surface area contributed by atoms with Crippen molar-refractivity contribution in [1.29, 1.82) is 0 Å². The van der Waals surface area contributed by atoms with Gasteiger partial charge in [-0.3, -0.25) is 0 Å². The van der Waals surface area contributed by atoms with Crippen molar-refractivity contribution in [3.63, 3.8) is 0 Å². The number of likely N-dealkylation sites (N-methyl/N-ethyl adjacent to an activating group) is 1. The Labute approximate surface area is 99.0 Å². The summed E-state index contributed by atoms with van der Waals surface area (Å²) >= 11 is 3.52. The molecule has 0 aromatic carbocycles. The second-order valence-corrected chi connectivity index (χ2v) is 4.84. The molecule has 1 aliphatic heterocycles. The maximum absolute atomic E-state index is 4.37. The summed E-state index contributed by atoms with van der Waals surface area (Å²) in [4.78, 5) is 6.57. The van der Waals surface area contributed by atoms with Crippen molar-refractivity contribution in [2.75, 3.05) is 25.0 Å². The minimum Gasteiger partial charge on any atom is -0.357 e. The van der Waals surface area contributed by atoms with Gasteiger partial charge in [-0.1, -0.05) is 0 Å². The van der Waals surface area contributed by atoms with Gasteiger partial charge in [0, 0.05) is 25.8 Å². The molecule has 1 unspecified atom stereocenters. The number of hydrogen-bond donors (Lipinski definition) is 1. The minimum absolute atomic E-state index is 0.615. The molecule has 0 bridgehead atoms. The van der Waals surface area contributed by atoms with Crippen molar-refractivity contribution in [3.8, 4) is 0 Å². The molecule has 2 rings (SSSR count). The molecule has 1 aliphatic rings. The first-order valence-corrected chi connectivity index (χ1v) is 6.11. The van der Waals surface area contributed by atoms with Crippen LogP contribution >= 0.6 is 15.9 Å². The molecule has 0 aliphatic carbocycles. The fourth-order valence-corrected chi connectivity index (χ4v) is 2.55. The van der Waals surface area contributed by atoms with E-state index in [1.807, 2.05) is 18.3 Å². The summed E-state index contributed by atoms with van der Waals surface area (Å²) in [6, 6.07) is 4.58. The van der Waals surface area contributed by atoms with Crippen LogP contribution in [0.5, 0.6) is 0 Å². The number of nitrogens with one attached hydrogen (secondary N) is 1. The average molecular weight is 270 g/mol. The van der Waals surface area contributed by atoms with Gasteiger partial charge >= 0.3 is 0 Å². The van der Waals surface area contributed by atoms with Crippen molar-refractivity contribution in [1.82, 2.24) is 10.3 Å². The highest BCUT2D eigenvalue weighted by molar-refractivity contribution is 9.10. The lowest BCUT2D eigenvalue weighted by atomic mass is 10.2. The van der Waals surface area contributed by atoms with Crippen LogP contribution in [0.3, 0.4) is 0 Å². The molecule has 0 spiro atoms. The first kappa shape index (κ1) is 10.9. The highest BCUT2D eigenvalue weighted by Crippen LogP contribution is 2.22. The molecule has 0 amide bonds. The van der Waals surface area contributed by atoms with Crippen LogP contribution in [0.2, 0.25) is 0 Å². The van der Waals surface area contributed by atoms with Crippen LogP contribution in [0.15, 0.2) is 22.8 Å². The Morgan fingerprint density at radius 2 is 2.53 bits per heavy atom. The molecule has 1 aromatic heterocycles. The summed E-state index contributed by atoms with van der Waals surface area (Å²) in [5.41, 5.74) is 0. The molecule has 15 heavy (non-hydrogen) atoms. The normalized spacial score (nSPS) is 20.5. The summed E-state index contributed by atoms with van der Waals surface area (Å²) in [6.45, 7) is 2.18. The first-order chi connectivity index (χ1) is 7.27. The quantitative estimate of drug-likeness (QED) is 0.911. The molecule has 3 nitrogen and oxygen atoms in total. The van der Waals surface area contributed by atoms with Crippen molar-refractivity contribution in [2.24, 2.45) is 0 Å². The van der Waals surface area contributed by atoms with E-state index in [9.17, 15) is 0 Å². The summed E-state index contributed by atoms with van der Waals surface area (Å²) in [7, 11) is 2.09. The van der Waals surface area contributed by atoms with Gasteiger partial charge in [0.25, 0.3) is 0 Å². The van der Waals surface area contributed by atoms with Gasteiger partial charge in [0.05, 0.1) is 4.47 Å². The minimum atomic E-state index is 0.615. The van der Waals surface area contributed by atoms with Gasteiger partial charge < -0.3 is 10.2 Å². The molecule has 0 saturated carbocycles. The monoisotopic (exact) mass is 269 g/mol. The van der Waals surface area contributed by atoms with Crippen LogP contribution in [0, 0.1) is 0 Å². The average Bonchev–Trinajstić information content (AvgIpc) is 2.71. The predicted molar refractivity (Wildman–Crippen MR) is 66.2 cm³/mol. The molecule has 1 atom stereocenters. The van der Waals surface area contributed by atoms with Crippen LogP contribution < -0.4 is 10.2 Å². The first-order valence-electron chi connectivity index (χ1n) is 5.32. The molecule has 4 heteroatoms. The highest BCUT2D eigenvalue weighted by Gasteiger charge is 2.17. The Morgan fingerprint density at radius 3 is 3.20 bits per heavy atom. The zero-order valence-corrected chi connectivity index (χ0v) is 10.5. The second-order valence-electron chi connectivity index (χ2n) is 3.98. The van der Waals surface area contributed by atoms with E-state index in [2.05, 4.69) is 38.2 Å². The topological polar surface area (TPSA) is 28.2 Å². The molecule has 2 heterocycles. The van der Waals surface area contributed by atoms with Crippen molar-refractivity contribution >= 4 is 21.7 Å². The maximum Gasteiger partial charge on any atom is 0.142 e. The molecular formula is C11H16BrN3. The molecule has 1 aromatic rings. The lowest BCUT2D eigenvalue weighted by Crippen LogP contribution is -2.35. The lowest BCUT2D eigenvalue weighted by molar-refractivity contribution is 0.597. The van der Waals surface area contributed by atoms with Gasteiger partial charge in [0.2, 0.25) is 0 Å². The summed E-state index contributed by atoms with van der Waals surface area (Å²) in [6.07, 6.45) is 4.40. The van der Waals surface area contributed by atoms with Gasteiger partial charge in [0.15, 0.2) is 0 Å². The Morgan fingerprint density at radius 1 is 1.67 bits per heavy atom. The van der Waals surface area contributed by atoms with Crippen molar-refractivity contribution in [3.05, 3.63) is 22.8 Å². The number of anilines is 1. The van der Waals surface area contributed by atoms with E-state index in [1.54, 1.807) is 0 Å². The van der Waals surface area contributed by atoms with Crippen LogP contribution in [0.4, 0.5) is 5.82 Å². The predicted octanol–water partition coefficient (Wildman–Crippen LogP) is 2.03. The number of rotatable bonds is 3. The second kappa shape index (κ2) is 4.94. The third-order valence-electron chi connectivity index (χ3n) is 2.76. The Balaban J connectivity index is 2.00. The molecular weight excluding hydrogens is 254 g/mol. The zero-order valence-electron chi connectivity index (χ0n) is 8.91. The smallest absolute Gasteiger partial charge is 0.142 e. The van der Waals surface area contributed by atoms with Gasteiger partial charge in [0.1, 0.15) is 5.82 Å². The fourth-order valence-electron chi connectivity index (χ4n) is 1.99. The van der Waals surface area contributed by atoms with E-state index in [0.717, 1.165) is 23.4 Å². The molecule has 0 radical (unpaired) electrons. The van der Waals surface area contributed by atoms with Crippen LogP contribution in [0.1, 0.15) is 12.8 Å². The van der Waals surface area contributed by atoms with E-state index in [0.29, 0.717) is 6.04 Å². The fraction of sp³-hybridized carbons (Fsp3) is 0.545. The SMILES string of the molecule is CN(CC1CCCN1)c1ncccc1Br. The van der Waals surface area contributed by atoms with E-state index < -0.39 is 0 Å². The van der Waals surface area contributed by atoms with E-state index in [4.69, 9.17) is 0 Å². The number of halogens is 1. The molecule has 1 saturated heterocycles. The summed E-state index contributed by atoms with van der Waals surface area (Å²) in [5.74, 6) is 1.02. The van der Waals surface area contributed by atoms with E-state index in [1.165, 1.54) is 12.8 Å². The Hall–Kier alpha value is -0.610. The van der Waals surface area contributed by atoms with Crippen LogP contribution in [-0.4, -0.2) is 31.2 Å². The Bertz CT molecular complexity index is 323. The largest absolute Gasteiger partial charge is 0.357 e. The standard InChI is InChI=1S/C11H16BrN3/c1-15(8-9-4-2-6-13-9)11-10(12)5-3-7-14-11/h3,5,7,9,13H,2,4,6,8H2,1H3. The highest BCUT2D eigenvalue weighted by atomic mass is 79.9. The van der Waals surface area contributed by atoms with Gasteiger partial charge in [-0.15, -0.1) is 0 Å². The van der Waals surface area contributed by atoms with Crippen LogP contribution in [-0.2, 0) is 0 Å². The lowest BCUT2D eigenvalue weighted by Gasteiger charge is -2.23. The summed E-state index contributed by atoms with van der Waals surface area (Å²) in [5, 5.41) is 3.49. The number of aromatic nitrogens is 1. The number of hydrogen-bond acceptors (Lipinski definition) is 3. The van der Waals surface area contributed by atoms with Crippen molar-refractivity contribution in [2.45, 2.75) is 18.9 Å². The number of nitrogens with zero attached hydrogens (tertiary/aromatic N) is 2. The van der Waals surface area contributed by atoms with Crippen molar-refractivity contribution < 1.29 is 0 Å². The van der Waals surface area contributed by atoms with E-state index in [-0.39, 0.29) is 0 Å². The molecule has 1 fully saturated rings. The van der Waals surface area contributed by atoms with Crippen LogP contribution in [0.25, 0.3) is 0 Å². The zero-order chi connectivity index (χ0) is 10.7. The number of pyridine rings is 1. The summed E-state index contributed by atoms with van der Waals surface area (Å²) < 4.78 is 1.06.